The molecule has 19 heteroatoms. The SMILES string of the molecule is CCOc1cc(C(C)(C)C)ccc1C1=N[C@@](C)(c2ccc(Cl)cc2)[C@@](C)(c2ccc(Cl)cc2)N1C(=O)N1CCN(CCOCCOCCC(=O)CCCn2cc3c(n2)CN(C)C(=O)c2ccc(F)cc2[C@H]2CCCN2c2cc-3cnc2N)CC1. The number of carbonyl (C=O) groups excluding carboxylic acids is 3. The van der Waals surface area contributed by atoms with E-state index in [1.165, 1.54) is 12.1 Å². The second-order valence-corrected chi connectivity index (χ2v) is 24.5. The van der Waals surface area contributed by atoms with E-state index in [1.807, 2.05) is 88.3 Å². The van der Waals surface area contributed by atoms with Gasteiger partial charge in [-0.3, -0.25) is 29.1 Å². The van der Waals surface area contributed by atoms with Crippen LogP contribution >= 0.6 is 23.2 Å². The van der Waals surface area contributed by atoms with E-state index in [1.54, 1.807) is 24.2 Å². The van der Waals surface area contributed by atoms with Crippen molar-refractivity contribution in [3.63, 3.8) is 0 Å². The van der Waals surface area contributed by atoms with E-state index < -0.39 is 16.9 Å². The number of aryl methyl sites for hydroxylation is 1. The van der Waals surface area contributed by atoms with Crippen LogP contribution in [0, 0.1) is 5.82 Å². The number of nitrogen functional groups attached to an aromatic ring is 1. The summed E-state index contributed by atoms with van der Waals surface area (Å²) in [7, 11) is 1.73. The van der Waals surface area contributed by atoms with Crippen molar-refractivity contribution < 1.29 is 33.0 Å². The fourth-order valence-corrected chi connectivity index (χ4v) is 12.5. The number of aromatic nitrogens is 3. The number of amidine groups is 1. The molecule has 6 aromatic rings. The Kier molecular flexibility index (Phi) is 18.2. The van der Waals surface area contributed by atoms with E-state index in [0.717, 1.165) is 51.9 Å². The van der Waals surface area contributed by atoms with Crippen LogP contribution in [-0.4, -0.2) is 137 Å². The average molecular weight is 1180 g/mol. The number of urea groups is 1. The van der Waals surface area contributed by atoms with Gasteiger partial charge in [0.25, 0.3) is 5.91 Å². The Hall–Kier alpha value is -6.89. The molecule has 2 aromatic heterocycles. The molecule has 0 aliphatic carbocycles. The molecule has 84 heavy (non-hydrogen) atoms. The van der Waals surface area contributed by atoms with Gasteiger partial charge in [-0.05, 0) is 128 Å². The summed E-state index contributed by atoms with van der Waals surface area (Å²) in [6, 6.07) is 27.6. The number of hydrogen-bond donors (Lipinski definition) is 1. The largest absolute Gasteiger partial charge is 0.493 e. The lowest BCUT2D eigenvalue weighted by atomic mass is 9.71. The van der Waals surface area contributed by atoms with Gasteiger partial charge < -0.3 is 34.6 Å². The molecule has 2 fully saturated rings. The first kappa shape index (κ1) is 60.2. The Balaban J connectivity index is 0.709. The van der Waals surface area contributed by atoms with E-state index in [-0.39, 0.29) is 42.1 Å². The van der Waals surface area contributed by atoms with Gasteiger partial charge in [0.15, 0.2) is 0 Å². The molecule has 2 N–H and O–H groups in total. The van der Waals surface area contributed by atoms with Gasteiger partial charge in [0, 0.05) is 105 Å². The van der Waals surface area contributed by atoms with Crippen molar-refractivity contribution >= 4 is 58.3 Å². The Bertz CT molecular complexity index is 3400. The van der Waals surface area contributed by atoms with Gasteiger partial charge >= 0.3 is 6.03 Å². The Morgan fingerprint density at radius 1 is 0.810 bits per heavy atom. The minimum absolute atomic E-state index is 0.0935. The standard InChI is InChI=1S/C65H77Cl2FN10O6/c1-8-84-58-38-46(63(2,3)4)17-23-52(58)60-71-64(5,44-13-18-47(66)19-14-44)65(6,45-15-20-48(67)21-16-45)78(60)62(81)75-30-28-74(29-31-75)32-34-83-36-35-82-33-25-50(79)11-9-26-76-41-54-43-37-57(59(69)70-40-43)77-27-10-12-56(77)53-39-49(68)22-24-51(53)61(80)73(7)42-55(54)72-76/h13-24,37-41,56H,8-12,25-36,42H2,1-7H3,(H2,69,70)/t56-,64+,65-/m1/s1. The number of benzene rings is 4. The lowest BCUT2D eigenvalue weighted by Gasteiger charge is -2.47. The van der Waals surface area contributed by atoms with Crippen LogP contribution in [0.2, 0.25) is 10.0 Å². The highest BCUT2D eigenvalue weighted by atomic mass is 35.5. The van der Waals surface area contributed by atoms with Crippen LogP contribution in [-0.2, 0) is 43.9 Å². The first-order chi connectivity index (χ1) is 40.3. The van der Waals surface area contributed by atoms with Crippen molar-refractivity contribution in [1.29, 1.82) is 0 Å². The van der Waals surface area contributed by atoms with Crippen LogP contribution in [0.1, 0.15) is 124 Å². The Morgan fingerprint density at radius 3 is 2.20 bits per heavy atom. The van der Waals surface area contributed by atoms with Crippen LogP contribution in [0.15, 0.2) is 108 Å². The van der Waals surface area contributed by atoms with Crippen molar-refractivity contribution in [2.45, 2.75) is 109 Å². The average Bonchev–Trinajstić information content (AvgIpc) is 1.54. The van der Waals surface area contributed by atoms with E-state index in [9.17, 15) is 14.0 Å². The van der Waals surface area contributed by atoms with Crippen molar-refractivity contribution in [2.24, 2.45) is 4.99 Å². The molecule has 6 heterocycles. The molecule has 4 aliphatic rings. The minimum atomic E-state index is -1.03. The summed E-state index contributed by atoms with van der Waals surface area (Å²) >= 11 is 13.0. The number of amides is 3. The van der Waals surface area contributed by atoms with Gasteiger partial charge in [-0.25, -0.2) is 14.2 Å². The van der Waals surface area contributed by atoms with Crippen LogP contribution in [0.25, 0.3) is 11.1 Å². The second-order valence-electron chi connectivity index (χ2n) is 23.7. The lowest BCUT2D eigenvalue weighted by Crippen LogP contribution is -2.60. The maximum absolute atomic E-state index is 15.5. The maximum atomic E-state index is 15.5. The molecule has 3 atom stereocenters. The quantitative estimate of drug-likeness (QED) is 0.0815. The molecule has 16 nitrogen and oxygen atoms in total. The van der Waals surface area contributed by atoms with Crippen molar-refractivity contribution in [1.82, 2.24) is 34.4 Å². The fraction of sp³-hybridized carbons (Fsp3) is 0.446. The third-order valence-electron chi connectivity index (χ3n) is 17.2. The summed E-state index contributed by atoms with van der Waals surface area (Å²) in [6.45, 7) is 19.0. The molecule has 10 rings (SSSR count). The van der Waals surface area contributed by atoms with Crippen molar-refractivity contribution in [3.05, 3.63) is 158 Å². The number of nitrogens with two attached hydrogens (primary N) is 1. The smallest absolute Gasteiger partial charge is 0.326 e. The first-order valence-corrected chi connectivity index (χ1v) is 30.0. The number of carbonyl (C=O) groups is 3. The normalized spacial score (nSPS) is 20.0. The number of piperazine rings is 1. The highest BCUT2D eigenvalue weighted by Crippen LogP contribution is 2.54. The van der Waals surface area contributed by atoms with Crippen molar-refractivity contribution in [2.75, 3.05) is 90.0 Å². The molecule has 0 unspecified atom stereocenters. The van der Waals surface area contributed by atoms with Gasteiger partial charge in [0.05, 0.1) is 62.6 Å². The summed E-state index contributed by atoms with van der Waals surface area (Å²) in [4.78, 5) is 62.6. The molecule has 0 saturated carbocycles. The van der Waals surface area contributed by atoms with Crippen molar-refractivity contribution in [3.8, 4) is 16.9 Å². The van der Waals surface area contributed by atoms with E-state index in [2.05, 4.69) is 61.5 Å². The van der Waals surface area contributed by atoms with Gasteiger partial charge in [0.1, 0.15) is 40.1 Å². The molecular weight excluding hydrogens is 1110 g/mol. The first-order valence-electron chi connectivity index (χ1n) is 29.3. The predicted octanol–water partition coefficient (Wildman–Crippen LogP) is 11.7. The number of rotatable bonds is 18. The predicted molar refractivity (Wildman–Crippen MR) is 328 cm³/mol. The number of aliphatic imine (C=N–C) groups is 1. The molecule has 0 spiro atoms. The Morgan fingerprint density at radius 2 is 1.50 bits per heavy atom. The van der Waals surface area contributed by atoms with Crippen LogP contribution in [0.4, 0.5) is 20.7 Å². The number of pyridine rings is 1. The molecule has 3 amide bonds. The van der Waals surface area contributed by atoms with Gasteiger partial charge in [-0.2, -0.15) is 5.10 Å². The Labute approximate surface area is 502 Å². The molecule has 4 aromatic carbocycles. The topological polar surface area (TPSA) is 164 Å². The van der Waals surface area contributed by atoms with Gasteiger partial charge in [-0.15, -0.1) is 0 Å². The highest BCUT2D eigenvalue weighted by Gasteiger charge is 2.60. The van der Waals surface area contributed by atoms with E-state index in [0.29, 0.717) is 136 Å². The summed E-state index contributed by atoms with van der Waals surface area (Å²) in [5, 5.41) is 6.10. The number of hydrogen-bond acceptors (Lipinski definition) is 12. The zero-order valence-electron chi connectivity index (χ0n) is 49.3. The summed E-state index contributed by atoms with van der Waals surface area (Å²) < 4.78 is 34.8. The number of ether oxygens (including phenoxy) is 3. The monoisotopic (exact) mass is 1180 g/mol. The summed E-state index contributed by atoms with van der Waals surface area (Å²) in [6.07, 6.45) is 6.49. The fourth-order valence-electron chi connectivity index (χ4n) is 12.2. The lowest BCUT2D eigenvalue weighted by molar-refractivity contribution is -0.120. The number of fused-ring (bicyclic) bond motifs is 8. The van der Waals surface area contributed by atoms with Crippen LogP contribution in [0.3, 0.4) is 0 Å². The second kappa shape index (κ2) is 25.4. The number of nitrogens with zero attached hydrogens (tertiary/aromatic N) is 9. The highest BCUT2D eigenvalue weighted by molar-refractivity contribution is 6.30. The molecule has 0 radical (unpaired) electrons. The molecule has 2 saturated heterocycles. The van der Waals surface area contributed by atoms with Gasteiger partial charge in [-0.1, -0.05) is 74.3 Å². The maximum Gasteiger partial charge on any atom is 0.326 e. The number of halogens is 3. The molecule has 4 aliphatic heterocycles. The minimum Gasteiger partial charge on any atom is -0.493 e. The molecular formula is C65H77Cl2FN10O6. The van der Waals surface area contributed by atoms with E-state index >= 15 is 4.79 Å². The third-order valence-corrected chi connectivity index (χ3v) is 17.7. The zero-order chi connectivity index (χ0) is 59.5. The third kappa shape index (κ3) is 12.4. The molecule has 2 bridgehead atoms. The molecule has 444 valence electrons. The van der Waals surface area contributed by atoms with Crippen LogP contribution in [0.5, 0.6) is 5.75 Å². The van der Waals surface area contributed by atoms with Crippen LogP contribution < -0.4 is 15.4 Å². The number of ketones is 1. The number of anilines is 2. The number of Topliss-reactive ketones (excluding diaryl/α,β-unsaturated/α-hetero) is 1. The zero-order valence-corrected chi connectivity index (χ0v) is 50.8. The summed E-state index contributed by atoms with van der Waals surface area (Å²) in [5.41, 5.74) is 12.1. The van der Waals surface area contributed by atoms with E-state index in [4.69, 9.17) is 53.2 Å². The van der Waals surface area contributed by atoms with Gasteiger partial charge in [0.2, 0.25) is 0 Å². The summed E-state index contributed by atoms with van der Waals surface area (Å²) in [5.74, 6) is 1.04.